The van der Waals surface area contributed by atoms with Crippen molar-refractivity contribution in [3.05, 3.63) is 54.4 Å². The molecule has 0 radical (unpaired) electrons. The predicted molar refractivity (Wildman–Crippen MR) is 109 cm³/mol. The Hall–Kier alpha value is -2.86. The standard InChI is InChI=1S/C23H24N4O2/c1-3-16-12-19(13-17(4-1)25-16)29-22-8-7-21-20-6-5-18(27-10-2-9-24-27)11-15(20)14-28-23(21)26-22/h2,5-11,16-17,19,25H,1,3-4,12-14H2/t16-,17?,19-/m1/s1. The van der Waals surface area contributed by atoms with Crippen LogP contribution >= 0.6 is 0 Å². The first-order valence-corrected chi connectivity index (χ1v) is 10.5. The number of benzene rings is 1. The van der Waals surface area contributed by atoms with Crippen molar-refractivity contribution in [2.24, 2.45) is 0 Å². The van der Waals surface area contributed by atoms with Gasteiger partial charge in [-0.05, 0) is 61.1 Å². The van der Waals surface area contributed by atoms with Gasteiger partial charge in [-0.1, -0.05) is 12.5 Å². The highest BCUT2D eigenvalue weighted by Crippen LogP contribution is 2.38. The Kier molecular flexibility index (Phi) is 4.04. The van der Waals surface area contributed by atoms with Crippen LogP contribution < -0.4 is 14.8 Å². The summed E-state index contributed by atoms with van der Waals surface area (Å²) in [7, 11) is 0. The van der Waals surface area contributed by atoms with E-state index in [1.54, 1.807) is 6.20 Å². The molecule has 2 aromatic heterocycles. The molecule has 6 nitrogen and oxygen atoms in total. The summed E-state index contributed by atoms with van der Waals surface area (Å²) < 4.78 is 14.1. The van der Waals surface area contributed by atoms with E-state index in [0.717, 1.165) is 35.2 Å². The Labute approximate surface area is 169 Å². The molecule has 1 N–H and O–H groups in total. The number of hydrogen-bond donors (Lipinski definition) is 1. The highest BCUT2D eigenvalue weighted by molar-refractivity contribution is 5.74. The van der Waals surface area contributed by atoms with Gasteiger partial charge in [-0.15, -0.1) is 0 Å². The maximum absolute atomic E-state index is 6.27. The van der Waals surface area contributed by atoms with E-state index in [-0.39, 0.29) is 6.10 Å². The Morgan fingerprint density at radius 1 is 1.07 bits per heavy atom. The molecule has 2 bridgehead atoms. The van der Waals surface area contributed by atoms with Crippen molar-refractivity contribution < 1.29 is 9.47 Å². The van der Waals surface area contributed by atoms with E-state index in [9.17, 15) is 0 Å². The number of ether oxygens (including phenoxy) is 2. The molecule has 5 heterocycles. The van der Waals surface area contributed by atoms with Crippen LogP contribution in [0.4, 0.5) is 0 Å². The molecule has 1 aromatic carbocycles. The van der Waals surface area contributed by atoms with Gasteiger partial charge in [0.15, 0.2) is 0 Å². The summed E-state index contributed by atoms with van der Waals surface area (Å²) in [5, 5.41) is 8.02. The van der Waals surface area contributed by atoms with Crippen molar-refractivity contribution in [1.29, 1.82) is 0 Å². The van der Waals surface area contributed by atoms with Crippen LogP contribution in [0.3, 0.4) is 0 Å². The minimum absolute atomic E-state index is 0.240. The van der Waals surface area contributed by atoms with Gasteiger partial charge < -0.3 is 14.8 Å². The molecule has 0 spiro atoms. The molecule has 29 heavy (non-hydrogen) atoms. The molecular weight excluding hydrogens is 364 g/mol. The van der Waals surface area contributed by atoms with Crippen molar-refractivity contribution in [3.8, 4) is 28.6 Å². The highest BCUT2D eigenvalue weighted by atomic mass is 16.5. The molecule has 3 aromatic rings. The Morgan fingerprint density at radius 2 is 1.93 bits per heavy atom. The maximum Gasteiger partial charge on any atom is 0.225 e. The molecule has 2 fully saturated rings. The molecule has 2 saturated heterocycles. The first-order chi connectivity index (χ1) is 14.3. The minimum Gasteiger partial charge on any atom is -0.474 e. The van der Waals surface area contributed by atoms with E-state index < -0.39 is 0 Å². The Bertz CT molecular complexity index is 1020. The fourth-order valence-electron chi connectivity index (χ4n) is 4.96. The summed E-state index contributed by atoms with van der Waals surface area (Å²) in [5.41, 5.74) is 4.36. The SMILES string of the molecule is c1cnn(-c2ccc3c(c2)COc2nc(O[C@H]4CC5CCC[C@H](C4)N5)ccc2-3)c1. The summed E-state index contributed by atoms with van der Waals surface area (Å²) in [4.78, 5) is 4.69. The van der Waals surface area contributed by atoms with E-state index in [4.69, 9.17) is 14.5 Å². The minimum atomic E-state index is 0.240. The number of nitrogens with zero attached hydrogens (tertiary/aromatic N) is 3. The monoisotopic (exact) mass is 388 g/mol. The molecular formula is C23H24N4O2. The van der Waals surface area contributed by atoms with Gasteiger partial charge in [0, 0.05) is 36.1 Å². The zero-order valence-corrected chi connectivity index (χ0v) is 16.3. The summed E-state index contributed by atoms with van der Waals surface area (Å²) in [6.45, 7) is 0.505. The average molecular weight is 388 g/mol. The number of piperidine rings is 2. The lowest BCUT2D eigenvalue weighted by Crippen LogP contribution is -2.51. The quantitative estimate of drug-likeness (QED) is 0.738. The Balaban J connectivity index is 1.24. The van der Waals surface area contributed by atoms with Gasteiger partial charge in [-0.25, -0.2) is 4.68 Å². The van der Waals surface area contributed by atoms with E-state index in [2.05, 4.69) is 34.7 Å². The second-order valence-electron chi connectivity index (χ2n) is 8.29. The smallest absolute Gasteiger partial charge is 0.225 e. The van der Waals surface area contributed by atoms with Crippen LogP contribution in [0.15, 0.2) is 48.8 Å². The van der Waals surface area contributed by atoms with E-state index >= 15 is 0 Å². The third-order valence-electron chi connectivity index (χ3n) is 6.31. The number of fused-ring (bicyclic) bond motifs is 5. The van der Waals surface area contributed by atoms with Gasteiger partial charge in [-0.3, -0.25) is 0 Å². The molecule has 3 atom stereocenters. The number of hydrogen-bond acceptors (Lipinski definition) is 5. The third kappa shape index (κ3) is 3.17. The highest BCUT2D eigenvalue weighted by Gasteiger charge is 2.32. The normalized spacial score (nSPS) is 24.9. The average Bonchev–Trinajstić information content (AvgIpc) is 3.28. The number of pyridine rings is 1. The summed E-state index contributed by atoms with van der Waals surface area (Å²) in [5.74, 6) is 1.33. The van der Waals surface area contributed by atoms with Crippen LogP contribution in [0.1, 0.15) is 37.7 Å². The third-order valence-corrected chi connectivity index (χ3v) is 6.31. The molecule has 6 rings (SSSR count). The Morgan fingerprint density at radius 3 is 2.76 bits per heavy atom. The van der Waals surface area contributed by atoms with Crippen molar-refractivity contribution >= 4 is 0 Å². The largest absolute Gasteiger partial charge is 0.474 e. The van der Waals surface area contributed by atoms with Crippen LogP contribution in [-0.2, 0) is 6.61 Å². The first-order valence-electron chi connectivity index (χ1n) is 10.5. The fourth-order valence-corrected chi connectivity index (χ4v) is 4.96. The lowest BCUT2D eigenvalue weighted by atomic mass is 9.85. The van der Waals surface area contributed by atoms with Crippen LogP contribution in [0.2, 0.25) is 0 Å². The lowest BCUT2D eigenvalue weighted by molar-refractivity contribution is 0.0881. The lowest BCUT2D eigenvalue weighted by Gasteiger charge is -2.40. The fraction of sp³-hybridized carbons (Fsp3) is 0.391. The molecule has 148 valence electrons. The molecule has 3 aliphatic heterocycles. The zero-order valence-electron chi connectivity index (χ0n) is 16.3. The van der Waals surface area contributed by atoms with Crippen LogP contribution in [-0.4, -0.2) is 33.0 Å². The number of aromatic nitrogens is 3. The molecule has 6 heteroatoms. The van der Waals surface area contributed by atoms with Crippen molar-refractivity contribution in [2.75, 3.05) is 0 Å². The molecule has 3 aliphatic rings. The summed E-state index contributed by atoms with van der Waals surface area (Å²) >= 11 is 0. The van der Waals surface area contributed by atoms with E-state index in [1.807, 2.05) is 23.0 Å². The van der Waals surface area contributed by atoms with Crippen LogP contribution in [0.25, 0.3) is 16.8 Å². The van der Waals surface area contributed by atoms with Gasteiger partial charge in [0.2, 0.25) is 11.8 Å². The number of nitrogens with one attached hydrogen (secondary N) is 1. The van der Waals surface area contributed by atoms with Crippen molar-refractivity contribution in [3.63, 3.8) is 0 Å². The van der Waals surface area contributed by atoms with Crippen LogP contribution in [0, 0.1) is 0 Å². The summed E-state index contributed by atoms with van der Waals surface area (Å²) in [6.07, 6.45) is 9.95. The van der Waals surface area contributed by atoms with E-state index in [1.165, 1.54) is 19.3 Å². The van der Waals surface area contributed by atoms with Crippen molar-refractivity contribution in [1.82, 2.24) is 20.1 Å². The van der Waals surface area contributed by atoms with Gasteiger partial charge >= 0.3 is 0 Å². The first kappa shape index (κ1) is 17.0. The second kappa shape index (κ2) is 6.88. The van der Waals surface area contributed by atoms with Gasteiger partial charge in [-0.2, -0.15) is 10.1 Å². The van der Waals surface area contributed by atoms with Crippen molar-refractivity contribution in [2.45, 2.75) is 56.9 Å². The van der Waals surface area contributed by atoms with Crippen LogP contribution in [0.5, 0.6) is 11.8 Å². The van der Waals surface area contributed by atoms with Gasteiger partial charge in [0.1, 0.15) is 12.7 Å². The number of rotatable bonds is 3. The maximum atomic E-state index is 6.27. The molecule has 0 saturated carbocycles. The second-order valence-corrected chi connectivity index (χ2v) is 8.29. The predicted octanol–water partition coefficient (Wildman–Crippen LogP) is 3.88. The molecule has 0 aliphatic carbocycles. The zero-order chi connectivity index (χ0) is 19.2. The van der Waals surface area contributed by atoms with Gasteiger partial charge in [0.25, 0.3) is 0 Å². The molecule has 1 unspecified atom stereocenters. The summed E-state index contributed by atoms with van der Waals surface area (Å²) in [6, 6.07) is 13.5. The van der Waals surface area contributed by atoms with Gasteiger partial charge in [0.05, 0.1) is 5.69 Å². The van der Waals surface area contributed by atoms with E-state index in [0.29, 0.717) is 30.5 Å². The topological polar surface area (TPSA) is 61.2 Å². The molecule has 0 amide bonds.